The van der Waals surface area contributed by atoms with E-state index in [2.05, 4.69) is 15.6 Å². The van der Waals surface area contributed by atoms with Gasteiger partial charge in [0.2, 0.25) is 10.0 Å². The van der Waals surface area contributed by atoms with Gasteiger partial charge in [0.15, 0.2) is 0 Å². The Hall–Kier alpha value is -3.76. The van der Waals surface area contributed by atoms with Crippen LogP contribution in [0, 0.1) is 13.8 Å². The number of anilines is 1. The van der Waals surface area contributed by atoms with Crippen molar-refractivity contribution in [1.82, 2.24) is 5.32 Å². The zero-order valence-electron chi connectivity index (χ0n) is 17.5. The van der Waals surface area contributed by atoms with Gasteiger partial charge in [0.05, 0.1) is 23.3 Å². The second-order valence-corrected chi connectivity index (χ2v) is 8.60. The van der Waals surface area contributed by atoms with Crippen LogP contribution in [-0.2, 0) is 26.2 Å². The van der Waals surface area contributed by atoms with Gasteiger partial charge in [-0.25, -0.2) is 13.6 Å². The number of aryl methyl sites for hydroxylation is 2. The van der Waals surface area contributed by atoms with Crippen LogP contribution in [0.25, 0.3) is 0 Å². The van der Waals surface area contributed by atoms with E-state index in [1.807, 2.05) is 19.9 Å². The molecule has 9 nitrogen and oxygen atoms in total. The number of sulfonamides is 1. The molecule has 0 radical (unpaired) electrons. The van der Waals surface area contributed by atoms with Crippen LogP contribution in [0.5, 0.6) is 0 Å². The van der Waals surface area contributed by atoms with Gasteiger partial charge in [-0.1, -0.05) is 6.07 Å². The van der Waals surface area contributed by atoms with Crippen LogP contribution in [0.3, 0.4) is 0 Å². The number of hydrogen-bond donors (Lipinski definition) is 3. The summed E-state index contributed by atoms with van der Waals surface area (Å²) in [6, 6.07) is 14.4. The number of hydrogen-bond acceptors (Lipinski definition) is 6. The summed E-state index contributed by atoms with van der Waals surface area (Å²) in [6.07, 6.45) is 1.45. The smallest absolute Gasteiger partial charge is 0.313 e. The Labute approximate surface area is 185 Å². The molecule has 2 aromatic carbocycles. The number of carbonyl (C=O) groups excluding carboxylic acids is 2. The first-order valence-corrected chi connectivity index (χ1v) is 11.1. The lowest BCUT2D eigenvalue weighted by Gasteiger charge is -2.07. The average molecular weight is 455 g/mol. The number of nitrogens with one attached hydrogen (secondary N) is 2. The minimum Gasteiger partial charge on any atom is -0.458 e. The van der Waals surface area contributed by atoms with E-state index >= 15 is 0 Å². The summed E-state index contributed by atoms with van der Waals surface area (Å²) >= 11 is 0. The molecule has 0 bridgehead atoms. The molecule has 1 aromatic heterocycles. The minimum atomic E-state index is -3.76. The highest BCUT2D eigenvalue weighted by molar-refractivity contribution is 7.89. The van der Waals surface area contributed by atoms with E-state index in [0.29, 0.717) is 22.9 Å². The molecule has 0 aliphatic carbocycles. The molecule has 2 amide bonds. The van der Waals surface area contributed by atoms with Crippen LogP contribution >= 0.6 is 0 Å². The number of benzene rings is 2. The van der Waals surface area contributed by atoms with Crippen LogP contribution in [-0.4, -0.2) is 26.4 Å². The summed E-state index contributed by atoms with van der Waals surface area (Å²) in [5, 5.41) is 10.1. The van der Waals surface area contributed by atoms with Gasteiger partial charge in [0.25, 0.3) is 0 Å². The summed E-state index contributed by atoms with van der Waals surface area (Å²) in [7, 11) is -3.76. The number of nitrogens with two attached hydrogens (primary N) is 1. The molecule has 4 N–H and O–H groups in total. The van der Waals surface area contributed by atoms with Gasteiger partial charge in [0.1, 0.15) is 11.5 Å². The van der Waals surface area contributed by atoms with Crippen molar-refractivity contribution in [2.24, 2.45) is 10.1 Å². The fourth-order valence-electron chi connectivity index (χ4n) is 2.67. The predicted molar refractivity (Wildman–Crippen MR) is 120 cm³/mol. The Balaban J connectivity index is 1.53. The highest BCUT2D eigenvalue weighted by Gasteiger charge is 2.14. The highest BCUT2D eigenvalue weighted by Crippen LogP contribution is 2.16. The van der Waals surface area contributed by atoms with Gasteiger partial charge in [-0.05, 0) is 73.5 Å². The lowest BCUT2D eigenvalue weighted by molar-refractivity contribution is -0.136. The molecule has 3 rings (SSSR count). The van der Waals surface area contributed by atoms with E-state index < -0.39 is 21.8 Å². The number of aliphatic imine (C=N–C) groups is 1. The number of nitrogens with zero attached hydrogens (tertiary/aromatic N) is 1. The van der Waals surface area contributed by atoms with Crippen LogP contribution < -0.4 is 15.8 Å². The van der Waals surface area contributed by atoms with Crippen molar-refractivity contribution in [3.05, 3.63) is 77.2 Å². The molecule has 0 spiro atoms. The first-order valence-electron chi connectivity index (χ1n) is 9.54. The number of carbonyl (C=O) groups is 2. The highest BCUT2D eigenvalue weighted by atomic mass is 32.2. The van der Waals surface area contributed by atoms with Crippen LogP contribution in [0.15, 0.2) is 68.9 Å². The molecule has 0 unspecified atom stereocenters. The van der Waals surface area contributed by atoms with Gasteiger partial charge < -0.3 is 15.1 Å². The standard InChI is InChI=1S/C22H22N4O5S/c1-14-3-4-17(11-15(14)2)26-22(28)21(27)25-13-19-8-7-18(31-19)12-24-16-5-9-20(10-6-16)32(23,29)30/h3-12H,13H2,1-2H3,(H,25,27)(H,26,28)(H2,23,29,30). The van der Waals surface area contributed by atoms with Crippen LogP contribution in [0.4, 0.5) is 11.4 Å². The van der Waals surface area contributed by atoms with Crippen molar-refractivity contribution in [3.8, 4) is 0 Å². The van der Waals surface area contributed by atoms with Crippen LogP contribution in [0.2, 0.25) is 0 Å². The monoisotopic (exact) mass is 454 g/mol. The molecule has 0 aliphatic heterocycles. The van der Waals surface area contributed by atoms with Gasteiger partial charge in [-0.15, -0.1) is 0 Å². The summed E-state index contributed by atoms with van der Waals surface area (Å²) in [5.41, 5.74) is 3.15. The predicted octanol–water partition coefficient (Wildman–Crippen LogP) is 2.55. The van der Waals surface area contributed by atoms with E-state index in [9.17, 15) is 18.0 Å². The largest absolute Gasteiger partial charge is 0.458 e. The van der Waals surface area contributed by atoms with E-state index in [4.69, 9.17) is 9.56 Å². The molecule has 0 saturated carbocycles. The van der Waals surface area contributed by atoms with Gasteiger partial charge in [-0.3, -0.25) is 14.6 Å². The molecule has 0 saturated heterocycles. The maximum Gasteiger partial charge on any atom is 0.313 e. The van der Waals surface area contributed by atoms with E-state index in [0.717, 1.165) is 11.1 Å². The summed E-state index contributed by atoms with van der Waals surface area (Å²) in [4.78, 5) is 28.3. The second-order valence-electron chi connectivity index (χ2n) is 7.04. The Morgan fingerprint density at radius 3 is 2.38 bits per heavy atom. The molecule has 1 heterocycles. The third kappa shape index (κ3) is 6.13. The van der Waals surface area contributed by atoms with E-state index in [1.165, 1.54) is 30.5 Å². The zero-order chi connectivity index (χ0) is 23.3. The molecular formula is C22H22N4O5S. The lowest BCUT2D eigenvalue weighted by Crippen LogP contribution is -2.34. The van der Waals surface area contributed by atoms with Crippen molar-refractivity contribution in [1.29, 1.82) is 0 Å². The number of rotatable bonds is 6. The Morgan fingerprint density at radius 2 is 1.72 bits per heavy atom. The number of furan rings is 1. The van der Waals surface area contributed by atoms with Crippen molar-refractivity contribution < 1.29 is 22.4 Å². The average Bonchev–Trinajstić information content (AvgIpc) is 3.20. The first kappa shape index (κ1) is 22.9. The zero-order valence-corrected chi connectivity index (χ0v) is 18.3. The van der Waals surface area contributed by atoms with Crippen LogP contribution in [0.1, 0.15) is 22.6 Å². The van der Waals surface area contributed by atoms with Crippen molar-refractivity contribution in [2.45, 2.75) is 25.3 Å². The Bertz CT molecular complexity index is 1280. The summed E-state index contributed by atoms with van der Waals surface area (Å²) in [6.45, 7) is 3.90. The molecular weight excluding hydrogens is 432 g/mol. The maximum atomic E-state index is 12.1. The number of amides is 2. The van der Waals surface area contributed by atoms with Gasteiger partial charge >= 0.3 is 11.8 Å². The molecule has 10 heteroatoms. The maximum absolute atomic E-state index is 12.1. The minimum absolute atomic E-state index is 0.00553. The van der Waals surface area contributed by atoms with Gasteiger partial charge in [-0.2, -0.15) is 0 Å². The number of primary sulfonamides is 1. The van der Waals surface area contributed by atoms with Crippen molar-refractivity contribution in [3.63, 3.8) is 0 Å². The molecule has 0 aliphatic rings. The fraction of sp³-hybridized carbons (Fsp3) is 0.136. The molecule has 0 atom stereocenters. The lowest BCUT2D eigenvalue weighted by atomic mass is 10.1. The third-order valence-electron chi connectivity index (χ3n) is 4.58. The molecule has 3 aromatic rings. The Morgan fingerprint density at radius 1 is 1.00 bits per heavy atom. The van der Waals surface area contributed by atoms with Crippen molar-refractivity contribution >= 4 is 39.4 Å². The quantitative estimate of drug-likeness (QED) is 0.387. The summed E-state index contributed by atoms with van der Waals surface area (Å²) in [5.74, 6) is -0.706. The Kier molecular flexibility index (Phi) is 6.86. The summed E-state index contributed by atoms with van der Waals surface area (Å²) < 4.78 is 28.1. The second kappa shape index (κ2) is 9.58. The van der Waals surface area contributed by atoms with E-state index in [-0.39, 0.29) is 11.4 Å². The van der Waals surface area contributed by atoms with Gasteiger partial charge in [0, 0.05) is 5.69 Å². The SMILES string of the molecule is Cc1ccc(NC(=O)C(=O)NCc2ccc(C=Nc3ccc(S(N)(=O)=O)cc3)o2)cc1C. The van der Waals surface area contributed by atoms with E-state index in [1.54, 1.807) is 24.3 Å². The fourth-order valence-corrected chi connectivity index (χ4v) is 3.19. The van der Waals surface area contributed by atoms with Crippen molar-refractivity contribution in [2.75, 3.05) is 5.32 Å². The molecule has 166 valence electrons. The topological polar surface area (TPSA) is 144 Å². The first-order chi connectivity index (χ1) is 15.1. The molecule has 0 fully saturated rings. The molecule has 32 heavy (non-hydrogen) atoms. The third-order valence-corrected chi connectivity index (χ3v) is 5.51. The normalized spacial score (nSPS) is 11.5.